The molecule has 0 bridgehead atoms. The van der Waals surface area contributed by atoms with Crippen LogP contribution in [0.2, 0.25) is 0 Å². The van der Waals surface area contributed by atoms with E-state index in [0.717, 1.165) is 25.9 Å². The molecule has 0 saturated carbocycles. The van der Waals surface area contributed by atoms with Gasteiger partial charge >= 0.3 is 0 Å². The third kappa shape index (κ3) is 3.16. The molecular weight excluding hydrogens is 335 g/mol. The summed E-state index contributed by atoms with van der Waals surface area (Å²) in [6.07, 6.45) is 1.49. The van der Waals surface area contributed by atoms with Crippen molar-refractivity contribution in [3.63, 3.8) is 0 Å². The Morgan fingerprint density at radius 1 is 1.37 bits per heavy atom. The summed E-state index contributed by atoms with van der Waals surface area (Å²) >= 11 is 3.12. The molecule has 1 heterocycles. The van der Waals surface area contributed by atoms with Crippen molar-refractivity contribution >= 4 is 26.0 Å². The van der Waals surface area contributed by atoms with Crippen LogP contribution in [0.15, 0.2) is 27.6 Å². The number of piperidine rings is 1. The fraction of sp³-hybridized carbons (Fsp3) is 0.500. The average Bonchev–Trinajstić information content (AvgIpc) is 2.38. The minimum Gasteiger partial charge on any atom is -0.317 e. The van der Waals surface area contributed by atoms with Crippen LogP contribution < -0.4 is 5.32 Å². The summed E-state index contributed by atoms with van der Waals surface area (Å²) in [6.45, 7) is 1.57. The fourth-order valence-corrected chi connectivity index (χ4v) is 4.00. The Bertz CT molecular complexity index is 559. The summed E-state index contributed by atoms with van der Waals surface area (Å²) in [5, 5.41) is 3.18. The van der Waals surface area contributed by atoms with Crippen molar-refractivity contribution in [2.24, 2.45) is 0 Å². The van der Waals surface area contributed by atoms with Crippen molar-refractivity contribution in [1.29, 1.82) is 0 Å². The van der Waals surface area contributed by atoms with Gasteiger partial charge in [0.25, 0.3) is 0 Å². The highest BCUT2D eigenvalue weighted by Gasteiger charge is 2.30. The van der Waals surface area contributed by atoms with Gasteiger partial charge in [-0.2, -0.15) is 4.31 Å². The summed E-state index contributed by atoms with van der Waals surface area (Å²) in [4.78, 5) is -0.267. The van der Waals surface area contributed by atoms with Crippen LogP contribution in [0.4, 0.5) is 4.39 Å². The lowest BCUT2D eigenvalue weighted by atomic mass is 10.1. The zero-order chi connectivity index (χ0) is 14.0. The molecule has 0 aromatic heterocycles. The lowest BCUT2D eigenvalue weighted by Crippen LogP contribution is -2.44. The Morgan fingerprint density at radius 2 is 2.00 bits per heavy atom. The van der Waals surface area contributed by atoms with E-state index in [4.69, 9.17) is 0 Å². The van der Waals surface area contributed by atoms with Gasteiger partial charge in [-0.25, -0.2) is 12.8 Å². The van der Waals surface area contributed by atoms with E-state index in [9.17, 15) is 12.8 Å². The first kappa shape index (κ1) is 14.9. The van der Waals surface area contributed by atoms with E-state index in [-0.39, 0.29) is 10.9 Å². The largest absolute Gasteiger partial charge is 0.317 e. The first-order valence-corrected chi connectivity index (χ1v) is 8.30. The second-order valence-electron chi connectivity index (χ2n) is 4.58. The zero-order valence-electron chi connectivity index (χ0n) is 10.6. The summed E-state index contributed by atoms with van der Waals surface area (Å²) in [6, 6.07) is 3.93. The van der Waals surface area contributed by atoms with Crippen LogP contribution in [0.5, 0.6) is 0 Å². The monoisotopic (exact) mass is 350 g/mol. The van der Waals surface area contributed by atoms with E-state index in [1.165, 1.54) is 29.6 Å². The maximum atomic E-state index is 13.8. The molecule has 1 aromatic carbocycles. The van der Waals surface area contributed by atoms with E-state index in [2.05, 4.69) is 21.2 Å². The van der Waals surface area contributed by atoms with E-state index in [0.29, 0.717) is 4.47 Å². The first-order valence-electron chi connectivity index (χ1n) is 6.07. The quantitative estimate of drug-likeness (QED) is 0.906. The van der Waals surface area contributed by atoms with Crippen LogP contribution in [-0.4, -0.2) is 38.9 Å². The molecular formula is C12H16BrFN2O2S. The second kappa shape index (κ2) is 5.87. The molecule has 0 atom stereocenters. The van der Waals surface area contributed by atoms with Crippen molar-refractivity contribution < 1.29 is 12.8 Å². The highest BCUT2D eigenvalue weighted by molar-refractivity contribution is 9.10. The van der Waals surface area contributed by atoms with Gasteiger partial charge in [-0.1, -0.05) is 15.9 Å². The fourth-order valence-electron chi connectivity index (χ4n) is 2.21. The molecule has 0 radical (unpaired) electrons. The minimum absolute atomic E-state index is 0.0747. The van der Waals surface area contributed by atoms with Crippen LogP contribution >= 0.6 is 15.9 Å². The lowest BCUT2D eigenvalue weighted by molar-refractivity contribution is 0.295. The first-order chi connectivity index (χ1) is 8.93. The predicted molar refractivity (Wildman–Crippen MR) is 74.9 cm³/mol. The maximum absolute atomic E-state index is 13.8. The van der Waals surface area contributed by atoms with Crippen molar-refractivity contribution in [2.75, 3.05) is 20.1 Å². The zero-order valence-corrected chi connectivity index (χ0v) is 13.0. The highest BCUT2D eigenvalue weighted by Crippen LogP contribution is 2.25. The molecule has 106 valence electrons. The van der Waals surface area contributed by atoms with E-state index in [1.54, 1.807) is 0 Å². The molecule has 0 unspecified atom stereocenters. The Morgan fingerprint density at radius 3 is 2.58 bits per heavy atom. The third-order valence-electron chi connectivity index (χ3n) is 3.37. The molecule has 0 aliphatic carbocycles. The lowest BCUT2D eigenvalue weighted by Gasteiger charge is -2.30. The van der Waals surface area contributed by atoms with Crippen LogP contribution in [0.1, 0.15) is 12.8 Å². The Labute approximate surface area is 121 Å². The van der Waals surface area contributed by atoms with E-state index >= 15 is 0 Å². The smallest absolute Gasteiger partial charge is 0.245 e. The van der Waals surface area contributed by atoms with Crippen molar-refractivity contribution in [3.05, 3.63) is 28.5 Å². The van der Waals surface area contributed by atoms with Gasteiger partial charge in [0.1, 0.15) is 10.7 Å². The molecule has 0 spiro atoms. The van der Waals surface area contributed by atoms with Crippen LogP contribution in [-0.2, 0) is 10.0 Å². The molecule has 7 heteroatoms. The number of halogens is 2. The molecule has 1 aliphatic rings. The van der Waals surface area contributed by atoms with E-state index < -0.39 is 15.8 Å². The van der Waals surface area contributed by atoms with Crippen LogP contribution in [0, 0.1) is 5.82 Å². The second-order valence-corrected chi connectivity index (χ2v) is 7.46. The Kier molecular flexibility index (Phi) is 4.60. The van der Waals surface area contributed by atoms with Crippen LogP contribution in [0.3, 0.4) is 0 Å². The normalized spacial score (nSPS) is 17.9. The topological polar surface area (TPSA) is 49.4 Å². The molecule has 19 heavy (non-hydrogen) atoms. The van der Waals surface area contributed by atoms with Crippen molar-refractivity contribution in [1.82, 2.24) is 9.62 Å². The number of rotatable bonds is 3. The average molecular weight is 351 g/mol. The summed E-state index contributed by atoms with van der Waals surface area (Å²) in [5.74, 6) is -0.727. The van der Waals surface area contributed by atoms with Gasteiger partial charge in [-0.05, 0) is 44.1 Å². The molecule has 1 saturated heterocycles. The van der Waals surface area contributed by atoms with Gasteiger partial charge in [0.2, 0.25) is 10.0 Å². The summed E-state index contributed by atoms with van der Waals surface area (Å²) in [5.41, 5.74) is 0. The SMILES string of the molecule is CN(C1CCNCC1)S(=O)(=O)c1ccc(Br)cc1F. The molecule has 4 nitrogen and oxygen atoms in total. The van der Waals surface area contributed by atoms with Crippen molar-refractivity contribution in [3.8, 4) is 0 Å². The third-order valence-corrected chi connectivity index (χ3v) is 5.81. The summed E-state index contributed by atoms with van der Waals surface area (Å²) in [7, 11) is -2.26. The standard InChI is InChI=1S/C12H16BrFN2O2S/c1-16(10-4-6-15-7-5-10)19(17,18)12-3-2-9(13)8-11(12)14/h2-3,8,10,15H,4-7H2,1H3. The van der Waals surface area contributed by atoms with Gasteiger partial charge in [-0.3, -0.25) is 0 Å². The Balaban J connectivity index is 2.30. The number of hydrogen-bond donors (Lipinski definition) is 1. The maximum Gasteiger partial charge on any atom is 0.245 e. The predicted octanol–water partition coefficient (Wildman–Crippen LogP) is 1.96. The van der Waals surface area contributed by atoms with Gasteiger partial charge in [-0.15, -0.1) is 0 Å². The number of nitrogens with zero attached hydrogens (tertiary/aromatic N) is 1. The van der Waals surface area contributed by atoms with Crippen molar-refractivity contribution in [2.45, 2.75) is 23.8 Å². The highest BCUT2D eigenvalue weighted by atomic mass is 79.9. The molecule has 0 amide bonds. The van der Waals surface area contributed by atoms with Gasteiger partial charge in [0, 0.05) is 17.6 Å². The van der Waals surface area contributed by atoms with E-state index in [1.807, 2.05) is 0 Å². The Hall–Kier alpha value is -0.500. The number of sulfonamides is 1. The van der Waals surface area contributed by atoms with Gasteiger partial charge in [0.15, 0.2) is 0 Å². The molecule has 1 fully saturated rings. The summed E-state index contributed by atoms with van der Waals surface area (Å²) < 4.78 is 40.5. The molecule has 1 aromatic rings. The minimum atomic E-state index is -3.78. The van der Waals surface area contributed by atoms with Gasteiger partial charge < -0.3 is 5.32 Å². The molecule has 1 N–H and O–H groups in total. The molecule has 2 rings (SSSR count). The van der Waals surface area contributed by atoms with Gasteiger partial charge in [0.05, 0.1) is 0 Å². The number of hydrogen-bond acceptors (Lipinski definition) is 3. The number of benzene rings is 1. The molecule has 1 aliphatic heterocycles. The van der Waals surface area contributed by atoms with Crippen LogP contribution in [0.25, 0.3) is 0 Å². The number of nitrogens with one attached hydrogen (secondary N) is 1.